The summed E-state index contributed by atoms with van der Waals surface area (Å²) < 4.78 is 25.1. The summed E-state index contributed by atoms with van der Waals surface area (Å²) in [5, 5.41) is 9.16. The molecule has 2 heterocycles. The van der Waals surface area contributed by atoms with E-state index in [1.165, 1.54) is 6.07 Å². The van der Waals surface area contributed by atoms with E-state index in [1.807, 2.05) is 33.0 Å². The van der Waals surface area contributed by atoms with Gasteiger partial charge in [0.15, 0.2) is 0 Å². The van der Waals surface area contributed by atoms with Crippen LogP contribution in [-0.2, 0) is 9.47 Å². The van der Waals surface area contributed by atoms with Crippen molar-refractivity contribution in [3.63, 3.8) is 0 Å². The summed E-state index contributed by atoms with van der Waals surface area (Å²) >= 11 is 0. The van der Waals surface area contributed by atoms with Crippen LogP contribution in [-0.4, -0.2) is 53.8 Å². The summed E-state index contributed by atoms with van der Waals surface area (Å²) in [6.45, 7) is 9.40. The van der Waals surface area contributed by atoms with Crippen molar-refractivity contribution in [2.45, 2.75) is 39.3 Å². The Morgan fingerprint density at radius 2 is 2.11 bits per heavy atom. The first-order valence-electron chi connectivity index (χ1n) is 8.97. The molecule has 3 rings (SSSR count). The van der Waals surface area contributed by atoms with Gasteiger partial charge in [-0.1, -0.05) is 0 Å². The highest BCUT2D eigenvalue weighted by Gasteiger charge is 2.34. The van der Waals surface area contributed by atoms with Crippen molar-refractivity contribution in [2.24, 2.45) is 0 Å². The van der Waals surface area contributed by atoms with Gasteiger partial charge < -0.3 is 19.3 Å². The quantitative estimate of drug-likeness (QED) is 0.756. The van der Waals surface area contributed by atoms with Gasteiger partial charge in [-0.3, -0.25) is 0 Å². The molecule has 0 bridgehead atoms. The number of benzene rings is 1. The molecule has 6 nitrogen and oxygen atoms in total. The van der Waals surface area contributed by atoms with Crippen LogP contribution in [0.2, 0.25) is 0 Å². The Hall–Kier alpha value is -2.75. The van der Waals surface area contributed by atoms with Crippen LogP contribution in [0.15, 0.2) is 18.3 Å². The van der Waals surface area contributed by atoms with E-state index in [9.17, 15) is 9.18 Å². The number of ether oxygens (including phenoxy) is 2. The SMILES string of the molecule is Cc1c(C2=CN3CCN(C(=O)OC(C)(C)C)C[C@H]3CO2)ccc(F)c1C#N. The second-order valence-corrected chi connectivity index (χ2v) is 7.83. The van der Waals surface area contributed by atoms with Crippen LogP contribution in [0.1, 0.15) is 37.5 Å². The molecule has 7 heteroatoms. The van der Waals surface area contributed by atoms with Crippen molar-refractivity contribution < 1.29 is 18.7 Å². The first kappa shape index (κ1) is 19.0. The Kier molecular flexibility index (Phi) is 5.01. The molecule has 1 saturated heterocycles. The number of fused-ring (bicyclic) bond motifs is 1. The minimum atomic E-state index is -0.529. The Labute approximate surface area is 158 Å². The van der Waals surface area contributed by atoms with E-state index in [2.05, 4.69) is 4.90 Å². The van der Waals surface area contributed by atoms with Crippen LogP contribution in [0, 0.1) is 24.1 Å². The van der Waals surface area contributed by atoms with Gasteiger partial charge in [-0.25, -0.2) is 9.18 Å². The summed E-state index contributed by atoms with van der Waals surface area (Å²) in [5.41, 5.74) is 0.785. The van der Waals surface area contributed by atoms with Crippen LogP contribution in [0.25, 0.3) is 5.76 Å². The van der Waals surface area contributed by atoms with E-state index in [0.717, 1.165) is 0 Å². The fraction of sp³-hybridized carbons (Fsp3) is 0.500. The highest BCUT2D eigenvalue weighted by molar-refractivity contribution is 5.69. The highest BCUT2D eigenvalue weighted by atomic mass is 19.1. The maximum atomic E-state index is 13.8. The monoisotopic (exact) mass is 373 g/mol. The molecule has 1 aromatic carbocycles. The van der Waals surface area contributed by atoms with Gasteiger partial charge in [-0.05, 0) is 45.4 Å². The summed E-state index contributed by atoms with van der Waals surface area (Å²) in [6, 6.07) is 4.86. The molecule has 0 N–H and O–H groups in total. The lowest BCUT2D eigenvalue weighted by atomic mass is 10.0. The maximum Gasteiger partial charge on any atom is 0.410 e. The molecule has 0 aromatic heterocycles. The second kappa shape index (κ2) is 7.10. The van der Waals surface area contributed by atoms with Crippen LogP contribution in [0.3, 0.4) is 0 Å². The topological polar surface area (TPSA) is 65.8 Å². The first-order valence-corrected chi connectivity index (χ1v) is 8.97. The Morgan fingerprint density at radius 1 is 1.37 bits per heavy atom. The molecule has 2 aliphatic heterocycles. The predicted octanol–water partition coefficient (Wildman–Crippen LogP) is 3.26. The Balaban J connectivity index is 1.75. The van der Waals surface area contributed by atoms with Gasteiger partial charge in [-0.2, -0.15) is 5.26 Å². The molecule has 0 aliphatic carbocycles. The number of nitrogens with zero attached hydrogens (tertiary/aromatic N) is 3. The Morgan fingerprint density at radius 3 is 2.78 bits per heavy atom. The van der Waals surface area contributed by atoms with Crippen molar-refractivity contribution in [3.8, 4) is 6.07 Å². The van der Waals surface area contributed by atoms with Crippen molar-refractivity contribution >= 4 is 11.9 Å². The van der Waals surface area contributed by atoms with Gasteiger partial charge in [0.2, 0.25) is 0 Å². The van der Waals surface area contributed by atoms with E-state index in [-0.39, 0.29) is 17.7 Å². The summed E-state index contributed by atoms with van der Waals surface area (Å²) in [7, 11) is 0. The first-order chi connectivity index (χ1) is 12.7. The number of hydrogen-bond acceptors (Lipinski definition) is 5. The zero-order valence-electron chi connectivity index (χ0n) is 16.1. The minimum absolute atomic E-state index is 0.0335. The molecule has 0 saturated carbocycles. The lowest BCUT2D eigenvalue weighted by Gasteiger charge is -2.43. The van der Waals surface area contributed by atoms with Crippen molar-refractivity contribution in [1.29, 1.82) is 5.26 Å². The highest BCUT2D eigenvalue weighted by Crippen LogP contribution is 2.29. The fourth-order valence-electron chi connectivity index (χ4n) is 3.28. The molecule has 144 valence electrons. The second-order valence-electron chi connectivity index (χ2n) is 7.83. The molecule has 1 aromatic rings. The van der Waals surface area contributed by atoms with Crippen molar-refractivity contribution in [2.75, 3.05) is 26.2 Å². The zero-order valence-corrected chi connectivity index (χ0v) is 16.1. The van der Waals surface area contributed by atoms with E-state index in [0.29, 0.717) is 43.1 Å². The van der Waals surface area contributed by atoms with Crippen LogP contribution in [0.5, 0.6) is 0 Å². The molecule has 0 radical (unpaired) electrons. The fourth-order valence-corrected chi connectivity index (χ4v) is 3.28. The third-order valence-electron chi connectivity index (χ3n) is 4.69. The number of halogens is 1. The molecule has 2 aliphatic rings. The number of hydrogen-bond donors (Lipinski definition) is 0. The van der Waals surface area contributed by atoms with Crippen molar-refractivity contribution in [1.82, 2.24) is 9.80 Å². The number of nitriles is 1. The van der Waals surface area contributed by atoms with Gasteiger partial charge in [0.1, 0.15) is 29.9 Å². The largest absolute Gasteiger partial charge is 0.489 e. The predicted molar refractivity (Wildman–Crippen MR) is 98.1 cm³/mol. The molecule has 1 fully saturated rings. The van der Waals surface area contributed by atoms with Gasteiger partial charge in [0, 0.05) is 31.4 Å². The number of piperazine rings is 1. The normalized spacial score (nSPS) is 19.6. The lowest BCUT2D eigenvalue weighted by molar-refractivity contribution is 0.000457. The van der Waals surface area contributed by atoms with E-state index < -0.39 is 11.4 Å². The van der Waals surface area contributed by atoms with Gasteiger partial charge >= 0.3 is 6.09 Å². The number of amides is 1. The molecular formula is C20H24FN3O3. The van der Waals surface area contributed by atoms with E-state index in [1.54, 1.807) is 17.9 Å². The molecular weight excluding hydrogens is 349 g/mol. The van der Waals surface area contributed by atoms with Gasteiger partial charge in [0.25, 0.3) is 0 Å². The van der Waals surface area contributed by atoms with Gasteiger partial charge in [0.05, 0.1) is 11.6 Å². The molecule has 1 atom stereocenters. The molecule has 27 heavy (non-hydrogen) atoms. The minimum Gasteiger partial charge on any atom is -0.489 e. The lowest BCUT2D eigenvalue weighted by Crippen LogP contribution is -2.56. The molecule has 0 spiro atoms. The third-order valence-corrected chi connectivity index (χ3v) is 4.69. The number of carbonyl (C=O) groups excluding carboxylic acids is 1. The van der Waals surface area contributed by atoms with Gasteiger partial charge in [-0.15, -0.1) is 0 Å². The Bertz CT molecular complexity index is 823. The summed E-state index contributed by atoms with van der Waals surface area (Å²) in [6.07, 6.45) is 1.58. The summed E-state index contributed by atoms with van der Waals surface area (Å²) in [5.74, 6) is 0.0879. The van der Waals surface area contributed by atoms with Crippen LogP contribution >= 0.6 is 0 Å². The average molecular weight is 373 g/mol. The van der Waals surface area contributed by atoms with Crippen LogP contribution < -0.4 is 0 Å². The smallest absolute Gasteiger partial charge is 0.410 e. The maximum absolute atomic E-state index is 13.8. The zero-order chi connectivity index (χ0) is 19.8. The molecule has 0 unspecified atom stereocenters. The summed E-state index contributed by atoms with van der Waals surface area (Å²) in [4.78, 5) is 16.1. The van der Waals surface area contributed by atoms with Crippen LogP contribution in [0.4, 0.5) is 9.18 Å². The van der Waals surface area contributed by atoms with E-state index in [4.69, 9.17) is 14.7 Å². The number of carbonyl (C=O) groups is 1. The van der Waals surface area contributed by atoms with Crippen molar-refractivity contribution in [3.05, 3.63) is 40.8 Å². The number of rotatable bonds is 1. The average Bonchev–Trinajstić information content (AvgIpc) is 2.60. The standard InChI is InChI=1S/C20H24FN3O3/c1-13-15(5-6-17(21)16(13)9-22)18-11-23-7-8-24(10-14(23)12-26-18)19(25)27-20(2,3)4/h5-6,11,14H,7-8,10,12H2,1-4H3/t14-/m0/s1. The third kappa shape index (κ3) is 4.00. The van der Waals surface area contributed by atoms with E-state index >= 15 is 0 Å². The molecule has 1 amide bonds.